The highest BCUT2D eigenvalue weighted by Gasteiger charge is 2.33. The van der Waals surface area contributed by atoms with Crippen molar-refractivity contribution in [1.82, 2.24) is 14.7 Å². The van der Waals surface area contributed by atoms with E-state index in [1.54, 1.807) is 28.6 Å². The van der Waals surface area contributed by atoms with Crippen LogP contribution in [0.2, 0.25) is 0 Å². The second kappa shape index (κ2) is 9.20. The summed E-state index contributed by atoms with van der Waals surface area (Å²) in [6, 6.07) is 6.09. The van der Waals surface area contributed by atoms with Gasteiger partial charge in [-0.25, -0.2) is 9.07 Å². The summed E-state index contributed by atoms with van der Waals surface area (Å²) in [5.74, 6) is -0.932. The average Bonchev–Trinajstić information content (AvgIpc) is 3.12. The molecule has 1 saturated heterocycles. The fourth-order valence-electron chi connectivity index (χ4n) is 3.89. The molecule has 0 radical (unpaired) electrons. The number of hydrogen-bond donors (Lipinski definition) is 0. The van der Waals surface area contributed by atoms with Gasteiger partial charge in [0, 0.05) is 13.1 Å². The van der Waals surface area contributed by atoms with Crippen LogP contribution in [0.1, 0.15) is 55.4 Å². The molecule has 3 rings (SSSR count). The Morgan fingerprint density at radius 3 is 2.52 bits per heavy atom. The average molecular weight is 401 g/mol. The van der Waals surface area contributed by atoms with Gasteiger partial charge in [0.25, 0.3) is 5.91 Å². The van der Waals surface area contributed by atoms with Gasteiger partial charge >= 0.3 is 5.97 Å². The normalized spacial score (nSPS) is 16.7. The summed E-state index contributed by atoms with van der Waals surface area (Å²) in [4.78, 5) is 27.3. The van der Waals surface area contributed by atoms with Crippen LogP contribution in [-0.2, 0) is 22.4 Å². The number of ether oxygens (including phenoxy) is 1. The van der Waals surface area contributed by atoms with E-state index in [4.69, 9.17) is 4.74 Å². The van der Waals surface area contributed by atoms with Crippen LogP contribution in [0.4, 0.5) is 4.39 Å². The standard InChI is InChI=1S/C22H28FN3O3/c1-4-18-20(19(5-2)26(24-18)17-11-9-16(23)10-12-17)21(27)25-13-7-8-15(14-25)22(28)29-6-3/h9-12,15H,4-8,13-14H2,1-3H3/t15-/m0/s1. The van der Waals surface area contributed by atoms with Crippen molar-refractivity contribution in [2.24, 2.45) is 5.92 Å². The Labute approximate surface area is 170 Å². The van der Waals surface area contributed by atoms with E-state index in [0.29, 0.717) is 38.1 Å². The molecule has 7 heteroatoms. The zero-order chi connectivity index (χ0) is 21.0. The minimum Gasteiger partial charge on any atom is -0.466 e. The SMILES string of the molecule is CCOC(=O)[C@H]1CCCN(C(=O)c2c(CC)nn(-c3ccc(F)cc3)c2CC)C1. The molecule has 1 aromatic heterocycles. The van der Waals surface area contributed by atoms with Gasteiger partial charge in [0.2, 0.25) is 0 Å². The molecule has 6 nitrogen and oxygen atoms in total. The molecule has 0 saturated carbocycles. The number of piperidine rings is 1. The Morgan fingerprint density at radius 2 is 1.90 bits per heavy atom. The van der Waals surface area contributed by atoms with Crippen LogP contribution >= 0.6 is 0 Å². The van der Waals surface area contributed by atoms with Crippen molar-refractivity contribution in [1.29, 1.82) is 0 Å². The summed E-state index contributed by atoms with van der Waals surface area (Å²) >= 11 is 0. The zero-order valence-electron chi connectivity index (χ0n) is 17.3. The number of aromatic nitrogens is 2. The third kappa shape index (κ3) is 4.33. The first-order valence-electron chi connectivity index (χ1n) is 10.3. The lowest BCUT2D eigenvalue weighted by Crippen LogP contribution is -2.43. The maximum absolute atomic E-state index is 13.4. The van der Waals surface area contributed by atoms with Gasteiger partial charge in [-0.1, -0.05) is 13.8 Å². The van der Waals surface area contributed by atoms with E-state index in [1.807, 2.05) is 13.8 Å². The molecule has 0 aliphatic carbocycles. The molecule has 29 heavy (non-hydrogen) atoms. The number of nitrogens with zero attached hydrogens (tertiary/aromatic N) is 3. The maximum Gasteiger partial charge on any atom is 0.310 e. The molecular weight excluding hydrogens is 373 g/mol. The largest absolute Gasteiger partial charge is 0.466 e. The number of amides is 1. The summed E-state index contributed by atoms with van der Waals surface area (Å²) in [6.45, 7) is 7.05. The molecule has 0 spiro atoms. The number of carbonyl (C=O) groups excluding carboxylic acids is 2. The zero-order valence-corrected chi connectivity index (χ0v) is 17.3. The maximum atomic E-state index is 13.4. The number of esters is 1. The van der Waals surface area contributed by atoms with Crippen molar-refractivity contribution in [2.45, 2.75) is 46.5 Å². The Kier molecular flexibility index (Phi) is 6.67. The van der Waals surface area contributed by atoms with Crippen LogP contribution < -0.4 is 0 Å². The Balaban J connectivity index is 1.93. The van der Waals surface area contributed by atoms with Gasteiger partial charge < -0.3 is 9.64 Å². The number of halogens is 1. The minimum atomic E-state index is -0.315. The summed E-state index contributed by atoms with van der Waals surface area (Å²) in [5.41, 5.74) is 2.84. The highest BCUT2D eigenvalue weighted by atomic mass is 19.1. The van der Waals surface area contributed by atoms with Crippen molar-refractivity contribution in [3.05, 3.63) is 47.0 Å². The number of aryl methyl sites for hydroxylation is 1. The Hall–Kier alpha value is -2.70. The quantitative estimate of drug-likeness (QED) is 0.695. The first-order valence-corrected chi connectivity index (χ1v) is 10.3. The van der Waals surface area contributed by atoms with E-state index in [9.17, 15) is 14.0 Å². The van der Waals surface area contributed by atoms with E-state index in [1.165, 1.54) is 12.1 Å². The molecule has 0 N–H and O–H groups in total. The van der Waals surface area contributed by atoms with E-state index in [-0.39, 0.29) is 23.6 Å². The number of likely N-dealkylation sites (tertiary alicyclic amines) is 1. The van der Waals surface area contributed by atoms with Crippen LogP contribution in [0.15, 0.2) is 24.3 Å². The molecule has 1 fully saturated rings. The minimum absolute atomic E-state index is 0.0962. The van der Waals surface area contributed by atoms with E-state index in [0.717, 1.165) is 29.9 Å². The topological polar surface area (TPSA) is 64.4 Å². The van der Waals surface area contributed by atoms with Gasteiger partial charge in [-0.2, -0.15) is 5.10 Å². The van der Waals surface area contributed by atoms with Crippen molar-refractivity contribution < 1.29 is 18.7 Å². The third-order valence-corrected chi connectivity index (χ3v) is 5.34. The van der Waals surface area contributed by atoms with E-state index >= 15 is 0 Å². The molecule has 156 valence electrons. The predicted octanol–water partition coefficient (Wildman–Crippen LogP) is 3.55. The monoisotopic (exact) mass is 401 g/mol. The predicted molar refractivity (Wildman–Crippen MR) is 108 cm³/mol. The summed E-state index contributed by atoms with van der Waals surface area (Å²) in [6.07, 6.45) is 2.72. The van der Waals surface area contributed by atoms with E-state index < -0.39 is 0 Å². The first kappa shape index (κ1) is 21.0. The first-order chi connectivity index (χ1) is 14.0. The molecule has 1 aliphatic heterocycles. The molecule has 1 atom stereocenters. The van der Waals surface area contributed by atoms with Crippen molar-refractivity contribution in [3.8, 4) is 5.69 Å². The van der Waals surface area contributed by atoms with Gasteiger partial charge in [0.15, 0.2) is 0 Å². The van der Waals surface area contributed by atoms with Gasteiger partial charge in [-0.3, -0.25) is 9.59 Å². The third-order valence-electron chi connectivity index (χ3n) is 5.34. The molecule has 0 bridgehead atoms. The summed E-state index contributed by atoms with van der Waals surface area (Å²) < 4.78 is 20.2. The molecule has 1 aromatic carbocycles. The van der Waals surface area contributed by atoms with Gasteiger partial charge in [0.05, 0.1) is 35.2 Å². The van der Waals surface area contributed by atoms with Crippen LogP contribution in [0, 0.1) is 11.7 Å². The number of rotatable bonds is 6. The van der Waals surface area contributed by atoms with Gasteiger partial charge in [-0.15, -0.1) is 0 Å². The van der Waals surface area contributed by atoms with Crippen LogP contribution in [0.5, 0.6) is 0 Å². The van der Waals surface area contributed by atoms with Crippen LogP contribution in [0.3, 0.4) is 0 Å². The van der Waals surface area contributed by atoms with Crippen LogP contribution in [-0.4, -0.2) is 46.3 Å². The molecule has 2 heterocycles. The Morgan fingerprint density at radius 1 is 1.17 bits per heavy atom. The summed E-state index contributed by atoms with van der Waals surface area (Å²) in [7, 11) is 0. The highest BCUT2D eigenvalue weighted by Crippen LogP contribution is 2.25. The lowest BCUT2D eigenvalue weighted by molar-refractivity contribution is -0.149. The summed E-state index contributed by atoms with van der Waals surface area (Å²) in [5, 5.41) is 4.65. The number of carbonyl (C=O) groups is 2. The second-order valence-electron chi connectivity index (χ2n) is 7.21. The lowest BCUT2D eigenvalue weighted by Gasteiger charge is -2.31. The van der Waals surface area contributed by atoms with Gasteiger partial charge in [-0.05, 0) is 56.9 Å². The van der Waals surface area contributed by atoms with Crippen molar-refractivity contribution in [3.63, 3.8) is 0 Å². The molecular formula is C22H28FN3O3. The lowest BCUT2D eigenvalue weighted by atomic mass is 9.97. The highest BCUT2D eigenvalue weighted by molar-refractivity contribution is 5.97. The van der Waals surface area contributed by atoms with Crippen LogP contribution in [0.25, 0.3) is 5.69 Å². The number of benzene rings is 1. The van der Waals surface area contributed by atoms with Crippen molar-refractivity contribution >= 4 is 11.9 Å². The molecule has 1 amide bonds. The molecule has 1 aliphatic rings. The fourth-order valence-corrected chi connectivity index (χ4v) is 3.89. The van der Waals surface area contributed by atoms with E-state index in [2.05, 4.69) is 5.10 Å². The molecule has 0 unspecified atom stereocenters. The molecule has 2 aromatic rings. The fraction of sp³-hybridized carbons (Fsp3) is 0.500. The number of hydrogen-bond acceptors (Lipinski definition) is 4. The van der Waals surface area contributed by atoms with Gasteiger partial charge in [0.1, 0.15) is 5.82 Å². The second-order valence-corrected chi connectivity index (χ2v) is 7.21. The van der Waals surface area contributed by atoms with Crippen molar-refractivity contribution in [2.75, 3.05) is 19.7 Å². The Bertz CT molecular complexity index is 876. The smallest absolute Gasteiger partial charge is 0.310 e.